The lowest BCUT2D eigenvalue weighted by Gasteiger charge is -2.28. The zero-order valence-corrected chi connectivity index (χ0v) is 12.4. The van der Waals surface area contributed by atoms with E-state index in [2.05, 4.69) is 10.3 Å². The van der Waals surface area contributed by atoms with Crippen LogP contribution in [0.4, 0.5) is 0 Å². The molecule has 5 nitrogen and oxygen atoms in total. The molecule has 2 rings (SSSR count). The Labute approximate surface area is 122 Å². The molecule has 1 aliphatic rings. The quantitative estimate of drug-likeness (QED) is 0.875. The molecule has 0 radical (unpaired) electrons. The summed E-state index contributed by atoms with van der Waals surface area (Å²) in [6.07, 6.45) is 5.55. The molecule has 1 saturated carbocycles. The highest BCUT2D eigenvalue weighted by Crippen LogP contribution is 2.31. The molecule has 0 saturated heterocycles. The van der Waals surface area contributed by atoms with Crippen LogP contribution in [0.2, 0.25) is 0 Å². The molecule has 6 heteroatoms. The Morgan fingerprint density at radius 2 is 2.15 bits per heavy atom. The number of aliphatic carboxylic acids is 1. The summed E-state index contributed by atoms with van der Waals surface area (Å²) in [5.41, 5.74) is 0. The van der Waals surface area contributed by atoms with E-state index in [0.717, 1.165) is 24.3 Å². The number of aromatic nitrogens is 1. The van der Waals surface area contributed by atoms with Crippen molar-refractivity contribution in [2.45, 2.75) is 45.1 Å². The molecule has 1 aromatic heterocycles. The van der Waals surface area contributed by atoms with Crippen LogP contribution >= 0.6 is 11.3 Å². The largest absolute Gasteiger partial charge is 0.481 e. The number of nitrogens with one attached hydrogen (secondary N) is 1. The number of hydrogen-bond acceptors (Lipinski definition) is 4. The van der Waals surface area contributed by atoms with Crippen molar-refractivity contribution in [2.75, 3.05) is 0 Å². The number of nitrogens with zero attached hydrogens (tertiary/aromatic N) is 1. The van der Waals surface area contributed by atoms with Crippen LogP contribution < -0.4 is 5.32 Å². The molecule has 1 unspecified atom stereocenters. The Morgan fingerprint density at radius 1 is 1.45 bits per heavy atom. The number of rotatable bonds is 5. The van der Waals surface area contributed by atoms with Crippen LogP contribution in [-0.2, 0) is 9.59 Å². The summed E-state index contributed by atoms with van der Waals surface area (Å²) in [4.78, 5) is 27.9. The molecule has 1 fully saturated rings. The summed E-state index contributed by atoms with van der Waals surface area (Å²) in [5, 5.41) is 15.0. The van der Waals surface area contributed by atoms with Crippen molar-refractivity contribution in [2.24, 2.45) is 11.8 Å². The normalized spacial score (nSPS) is 24.1. The lowest BCUT2D eigenvalue weighted by Crippen LogP contribution is -2.41. The molecule has 0 aromatic carbocycles. The second kappa shape index (κ2) is 6.83. The van der Waals surface area contributed by atoms with Crippen LogP contribution in [-0.4, -0.2) is 22.0 Å². The molecule has 1 aromatic rings. The number of amides is 1. The molecule has 3 atom stereocenters. The Kier molecular flexibility index (Phi) is 5.11. The van der Waals surface area contributed by atoms with Crippen LogP contribution in [0, 0.1) is 11.8 Å². The Morgan fingerprint density at radius 3 is 2.70 bits per heavy atom. The number of hydrogen-bond donors (Lipinski definition) is 2. The van der Waals surface area contributed by atoms with Gasteiger partial charge in [-0.3, -0.25) is 9.59 Å². The third-order valence-corrected chi connectivity index (χ3v) is 4.78. The third kappa shape index (κ3) is 3.36. The predicted molar refractivity (Wildman–Crippen MR) is 76.4 cm³/mol. The smallest absolute Gasteiger partial charge is 0.307 e. The van der Waals surface area contributed by atoms with E-state index in [0.29, 0.717) is 12.8 Å². The van der Waals surface area contributed by atoms with Crippen molar-refractivity contribution in [3.63, 3.8) is 0 Å². The van der Waals surface area contributed by atoms with Crippen LogP contribution in [0.15, 0.2) is 11.6 Å². The maximum Gasteiger partial charge on any atom is 0.307 e. The van der Waals surface area contributed by atoms with Crippen molar-refractivity contribution in [1.82, 2.24) is 10.3 Å². The van der Waals surface area contributed by atoms with Gasteiger partial charge in [-0.2, -0.15) is 0 Å². The highest BCUT2D eigenvalue weighted by molar-refractivity contribution is 7.09. The number of carboxylic acids is 1. The average Bonchev–Trinajstić information content (AvgIpc) is 2.98. The van der Waals surface area contributed by atoms with Gasteiger partial charge in [-0.15, -0.1) is 11.3 Å². The van der Waals surface area contributed by atoms with Gasteiger partial charge in [-0.1, -0.05) is 19.8 Å². The Balaban J connectivity index is 2.04. The van der Waals surface area contributed by atoms with Gasteiger partial charge >= 0.3 is 5.97 Å². The second-order valence-corrected chi connectivity index (χ2v) is 6.10. The summed E-state index contributed by atoms with van der Waals surface area (Å²) < 4.78 is 0. The van der Waals surface area contributed by atoms with Gasteiger partial charge in [-0.05, 0) is 19.3 Å². The fourth-order valence-corrected chi connectivity index (χ4v) is 3.54. The van der Waals surface area contributed by atoms with Gasteiger partial charge in [0.2, 0.25) is 5.91 Å². The molecular formula is C14H20N2O3S. The Hall–Kier alpha value is -1.43. The van der Waals surface area contributed by atoms with Gasteiger partial charge < -0.3 is 10.4 Å². The lowest BCUT2D eigenvalue weighted by atomic mass is 9.78. The van der Waals surface area contributed by atoms with Crippen molar-refractivity contribution in [1.29, 1.82) is 0 Å². The van der Waals surface area contributed by atoms with Crippen molar-refractivity contribution >= 4 is 23.2 Å². The van der Waals surface area contributed by atoms with E-state index in [4.69, 9.17) is 0 Å². The van der Waals surface area contributed by atoms with Gasteiger partial charge in [0.15, 0.2) is 0 Å². The van der Waals surface area contributed by atoms with Crippen LogP contribution in [0.25, 0.3) is 0 Å². The topological polar surface area (TPSA) is 79.3 Å². The van der Waals surface area contributed by atoms with Gasteiger partial charge in [0.1, 0.15) is 5.01 Å². The van der Waals surface area contributed by atoms with Gasteiger partial charge in [0.25, 0.3) is 0 Å². The molecule has 0 bridgehead atoms. The fraction of sp³-hybridized carbons (Fsp3) is 0.643. The first kappa shape index (κ1) is 15.0. The summed E-state index contributed by atoms with van der Waals surface area (Å²) in [6, 6.07) is -0.112. The van der Waals surface area contributed by atoms with E-state index >= 15 is 0 Å². The minimum absolute atomic E-state index is 0.112. The summed E-state index contributed by atoms with van der Waals surface area (Å²) in [7, 11) is 0. The maximum atomic E-state index is 12.4. The minimum atomic E-state index is -0.854. The molecule has 110 valence electrons. The van der Waals surface area contributed by atoms with Gasteiger partial charge in [-0.25, -0.2) is 4.98 Å². The molecular weight excluding hydrogens is 276 g/mol. The fourth-order valence-electron chi connectivity index (χ4n) is 2.76. The summed E-state index contributed by atoms with van der Waals surface area (Å²) >= 11 is 1.51. The van der Waals surface area contributed by atoms with Crippen molar-refractivity contribution in [3.8, 4) is 0 Å². The van der Waals surface area contributed by atoms with E-state index < -0.39 is 17.8 Å². The number of carbonyl (C=O) groups excluding carboxylic acids is 1. The first-order chi connectivity index (χ1) is 9.63. The SMILES string of the molecule is CCC(NC(=O)[C@@H]1CCCC[C@@H]1C(=O)O)c1nccs1. The number of carbonyl (C=O) groups is 2. The monoisotopic (exact) mass is 296 g/mol. The molecule has 1 amide bonds. The van der Waals surface area contributed by atoms with Crippen molar-refractivity contribution < 1.29 is 14.7 Å². The minimum Gasteiger partial charge on any atom is -0.481 e. The molecule has 1 heterocycles. The first-order valence-corrected chi connectivity index (χ1v) is 7.94. The van der Waals surface area contributed by atoms with Gasteiger partial charge in [0, 0.05) is 11.6 Å². The number of carboxylic acid groups (broad SMARTS) is 1. The van der Waals surface area contributed by atoms with E-state index in [1.54, 1.807) is 6.20 Å². The van der Waals surface area contributed by atoms with E-state index in [9.17, 15) is 14.7 Å². The van der Waals surface area contributed by atoms with E-state index in [1.807, 2.05) is 12.3 Å². The second-order valence-electron chi connectivity index (χ2n) is 5.18. The van der Waals surface area contributed by atoms with Crippen LogP contribution in [0.5, 0.6) is 0 Å². The molecule has 0 spiro atoms. The molecule has 2 N–H and O–H groups in total. The standard InChI is InChI=1S/C14H20N2O3S/c1-2-11(13-15-7-8-20-13)16-12(17)9-5-3-4-6-10(9)14(18)19/h7-11H,2-6H2,1H3,(H,16,17)(H,18,19)/t9-,10+,11?/m1/s1. The molecule has 1 aliphatic carbocycles. The zero-order chi connectivity index (χ0) is 14.5. The maximum absolute atomic E-state index is 12.4. The average molecular weight is 296 g/mol. The Bertz CT molecular complexity index is 461. The molecule has 0 aliphatic heterocycles. The highest BCUT2D eigenvalue weighted by atomic mass is 32.1. The number of thiazole rings is 1. The highest BCUT2D eigenvalue weighted by Gasteiger charge is 2.36. The lowest BCUT2D eigenvalue weighted by molar-refractivity contribution is -0.149. The van der Waals surface area contributed by atoms with E-state index in [-0.39, 0.29) is 11.9 Å². The summed E-state index contributed by atoms with van der Waals surface area (Å²) in [6.45, 7) is 1.99. The predicted octanol–water partition coefficient (Wildman–Crippen LogP) is 2.60. The first-order valence-electron chi connectivity index (χ1n) is 7.06. The zero-order valence-electron chi connectivity index (χ0n) is 11.5. The summed E-state index contributed by atoms with van der Waals surface area (Å²) in [5.74, 6) is -1.95. The molecule has 20 heavy (non-hydrogen) atoms. The van der Waals surface area contributed by atoms with Gasteiger partial charge in [0.05, 0.1) is 17.9 Å². The van der Waals surface area contributed by atoms with Crippen molar-refractivity contribution in [3.05, 3.63) is 16.6 Å². The third-order valence-electron chi connectivity index (χ3n) is 3.89. The van der Waals surface area contributed by atoms with Crippen LogP contribution in [0.1, 0.15) is 50.1 Å². The van der Waals surface area contributed by atoms with Crippen LogP contribution in [0.3, 0.4) is 0 Å². The van der Waals surface area contributed by atoms with E-state index in [1.165, 1.54) is 11.3 Å².